The van der Waals surface area contributed by atoms with E-state index in [1.165, 1.54) is 0 Å². The summed E-state index contributed by atoms with van der Waals surface area (Å²) in [7, 11) is 0. The van der Waals surface area contributed by atoms with Crippen LogP contribution in [0.2, 0.25) is 0 Å². The minimum atomic E-state index is -4.59. The van der Waals surface area contributed by atoms with E-state index in [0.717, 1.165) is 12.1 Å². The second-order valence-electron chi connectivity index (χ2n) is 3.67. The minimum Gasteiger partial charge on any atom is -0.733 e. The van der Waals surface area contributed by atoms with Crippen molar-refractivity contribution in [3.8, 4) is 0 Å². The van der Waals surface area contributed by atoms with E-state index in [-0.39, 0.29) is 5.69 Å². The molecule has 0 aromatic heterocycles. The van der Waals surface area contributed by atoms with E-state index in [1.807, 2.05) is 0 Å². The number of rotatable bonds is 3. The van der Waals surface area contributed by atoms with Crippen LogP contribution in [0.1, 0.15) is 19.4 Å². The smallest absolute Gasteiger partial charge is 0.416 e. The van der Waals surface area contributed by atoms with Gasteiger partial charge in [-0.3, -0.25) is 10.6 Å². The number of nitrogens with zero attached hydrogens (tertiary/aromatic N) is 2. The van der Waals surface area contributed by atoms with Gasteiger partial charge in [0.2, 0.25) is 0 Å². The van der Waals surface area contributed by atoms with Crippen LogP contribution >= 0.6 is 0 Å². The topological polar surface area (TPSA) is 70.9 Å². The van der Waals surface area contributed by atoms with Crippen LogP contribution in [0.3, 0.4) is 0 Å². The Kier molecular flexibility index (Phi) is 4.15. The van der Waals surface area contributed by atoms with Crippen molar-refractivity contribution in [1.82, 2.24) is 0 Å². The van der Waals surface area contributed by atoms with Crippen molar-refractivity contribution in [3.05, 3.63) is 29.0 Å². The Morgan fingerprint density at radius 2 is 2.00 bits per heavy atom. The molecular formula is C10H11F3N3O2-. The summed E-state index contributed by atoms with van der Waals surface area (Å²) in [5.41, 5.74) is 1.38. The molecular weight excluding hydrogens is 251 g/mol. The molecule has 1 aromatic rings. The molecule has 0 amide bonds. The van der Waals surface area contributed by atoms with Gasteiger partial charge in [0.1, 0.15) is 0 Å². The number of hydrogen-bond acceptors (Lipinski definition) is 5. The summed E-state index contributed by atoms with van der Waals surface area (Å²) in [6, 6.07) is 2.34. The standard InChI is InChI=1S/C10H11F3N3O2/c1-6(2)14-15-8-4-3-7(10(11,12)13)5-9(8)16(17)18/h3-5,15,17H,1-2H3/q-1. The Morgan fingerprint density at radius 3 is 2.44 bits per heavy atom. The molecule has 0 atom stereocenters. The highest BCUT2D eigenvalue weighted by Gasteiger charge is 2.31. The third-order valence-electron chi connectivity index (χ3n) is 1.93. The lowest BCUT2D eigenvalue weighted by molar-refractivity contribution is -0.137. The lowest BCUT2D eigenvalue weighted by Crippen LogP contribution is -2.13. The summed E-state index contributed by atoms with van der Waals surface area (Å²) in [4.78, 5) is 0. The Bertz CT molecular complexity index is 454. The van der Waals surface area contributed by atoms with Crippen LogP contribution in [-0.2, 0) is 6.18 Å². The molecule has 8 heteroatoms. The van der Waals surface area contributed by atoms with Crippen molar-refractivity contribution < 1.29 is 18.4 Å². The van der Waals surface area contributed by atoms with Crippen LogP contribution < -0.4 is 10.7 Å². The van der Waals surface area contributed by atoms with Gasteiger partial charge in [-0.2, -0.15) is 18.3 Å². The van der Waals surface area contributed by atoms with Crippen molar-refractivity contribution in [1.29, 1.82) is 0 Å². The molecule has 0 spiro atoms. The maximum atomic E-state index is 12.4. The van der Waals surface area contributed by atoms with Gasteiger partial charge in [0.15, 0.2) is 0 Å². The normalized spacial score (nSPS) is 11.1. The zero-order chi connectivity index (χ0) is 13.9. The van der Waals surface area contributed by atoms with Crippen molar-refractivity contribution in [2.45, 2.75) is 20.0 Å². The van der Waals surface area contributed by atoms with Crippen molar-refractivity contribution in [3.63, 3.8) is 0 Å². The first kappa shape index (κ1) is 14.3. The van der Waals surface area contributed by atoms with Gasteiger partial charge in [-0.15, -0.1) is 0 Å². The van der Waals surface area contributed by atoms with Gasteiger partial charge in [0.05, 0.1) is 16.9 Å². The first-order valence-electron chi connectivity index (χ1n) is 4.86. The average molecular weight is 262 g/mol. The molecule has 0 heterocycles. The molecule has 0 aliphatic rings. The van der Waals surface area contributed by atoms with Gasteiger partial charge in [0, 0.05) is 5.71 Å². The molecule has 5 nitrogen and oxygen atoms in total. The Morgan fingerprint density at radius 1 is 1.39 bits per heavy atom. The van der Waals surface area contributed by atoms with Gasteiger partial charge in [-0.05, 0) is 32.0 Å². The third-order valence-corrected chi connectivity index (χ3v) is 1.93. The SMILES string of the molecule is CC(C)=NNc1ccc(C(F)(F)F)cc1N([O-])O. The Balaban J connectivity index is 3.17. The molecule has 0 unspecified atom stereocenters. The first-order valence-corrected chi connectivity index (χ1v) is 4.86. The number of benzene rings is 1. The lowest BCUT2D eigenvalue weighted by atomic mass is 10.1. The highest BCUT2D eigenvalue weighted by atomic mass is 19.4. The number of anilines is 2. The van der Waals surface area contributed by atoms with Gasteiger partial charge < -0.3 is 10.4 Å². The van der Waals surface area contributed by atoms with Gasteiger partial charge in [-0.25, -0.2) is 0 Å². The summed E-state index contributed by atoms with van der Waals surface area (Å²) >= 11 is 0. The molecule has 0 radical (unpaired) electrons. The summed E-state index contributed by atoms with van der Waals surface area (Å²) in [5, 5.41) is 22.7. The fourth-order valence-corrected chi connectivity index (χ4v) is 1.13. The van der Waals surface area contributed by atoms with Crippen LogP contribution in [0.5, 0.6) is 0 Å². The fourth-order valence-electron chi connectivity index (χ4n) is 1.13. The van der Waals surface area contributed by atoms with E-state index in [9.17, 15) is 18.4 Å². The largest absolute Gasteiger partial charge is 0.733 e. The monoisotopic (exact) mass is 262 g/mol. The van der Waals surface area contributed by atoms with E-state index in [0.29, 0.717) is 11.8 Å². The summed E-state index contributed by atoms with van der Waals surface area (Å²) in [5.74, 6) is 0. The van der Waals surface area contributed by atoms with Crippen molar-refractivity contribution >= 4 is 17.1 Å². The van der Waals surface area contributed by atoms with Crippen molar-refractivity contribution in [2.75, 3.05) is 10.7 Å². The molecule has 1 aromatic carbocycles. The molecule has 100 valence electrons. The van der Waals surface area contributed by atoms with Gasteiger partial charge in [-0.1, -0.05) is 0 Å². The quantitative estimate of drug-likeness (QED) is 0.648. The Hall–Kier alpha value is -1.80. The van der Waals surface area contributed by atoms with E-state index in [4.69, 9.17) is 5.21 Å². The molecule has 0 aliphatic carbocycles. The molecule has 0 fully saturated rings. The second-order valence-corrected chi connectivity index (χ2v) is 3.67. The molecule has 0 saturated heterocycles. The van der Waals surface area contributed by atoms with E-state index in [1.54, 1.807) is 13.8 Å². The van der Waals surface area contributed by atoms with Gasteiger partial charge >= 0.3 is 6.18 Å². The number of nitrogens with one attached hydrogen (secondary N) is 1. The predicted molar refractivity (Wildman–Crippen MR) is 61.5 cm³/mol. The lowest BCUT2D eigenvalue weighted by Gasteiger charge is -2.25. The maximum absolute atomic E-state index is 12.4. The van der Waals surface area contributed by atoms with Crippen LogP contribution in [0.25, 0.3) is 0 Å². The van der Waals surface area contributed by atoms with E-state index < -0.39 is 22.7 Å². The number of hydrazone groups is 1. The van der Waals surface area contributed by atoms with Crippen LogP contribution in [0.4, 0.5) is 24.5 Å². The molecule has 0 bridgehead atoms. The zero-order valence-corrected chi connectivity index (χ0v) is 9.62. The highest BCUT2D eigenvalue weighted by molar-refractivity contribution is 5.81. The van der Waals surface area contributed by atoms with E-state index in [2.05, 4.69) is 10.5 Å². The number of alkyl halides is 3. The maximum Gasteiger partial charge on any atom is 0.416 e. The third kappa shape index (κ3) is 3.60. The number of hydrogen-bond donors (Lipinski definition) is 2. The predicted octanol–water partition coefficient (Wildman–Crippen LogP) is 3.21. The summed E-state index contributed by atoms with van der Waals surface area (Å²) in [6.07, 6.45) is -4.59. The first-order chi connectivity index (χ1) is 8.21. The van der Waals surface area contributed by atoms with Gasteiger partial charge in [0.25, 0.3) is 0 Å². The fraction of sp³-hybridized carbons (Fsp3) is 0.300. The van der Waals surface area contributed by atoms with Crippen molar-refractivity contribution in [2.24, 2.45) is 5.10 Å². The Labute approximate surface area is 101 Å². The molecule has 18 heavy (non-hydrogen) atoms. The van der Waals surface area contributed by atoms with Crippen LogP contribution in [0.15, 0.2) is 23.3 Å². The zero-order valence-electron chi connectivity index (χ0n) is 9.62. The average Bonchev–Trinajstić information content (AvgIpc) is 2.24. The van der Waals surface area contributed by atoms with E-state index >= 15 is 0 Å². The second kappa shape index (κ2) is 5.23. The number of halogens is 3. The molecule has 0 aliphatic heterocycles. The van der Waals surface area contributed by atoms with Crippen LogP contribution in [0, 0.1) is 5.21 Å². The van der Waals surface area contributed by atoms with Crippen LogP contribution in [-0.4, -0.2) is 10.9 Å². The minimum absolute atomic E-state index is 0.0262. The summed E-state index contributed by atoms with van der Waals surface area (Å²) < 4.78 is 37.3. The molecule has 0 saturated carbocycles. The molecule has 1 rings (SSSR count). The highest BCUT2D eigenvalue weighted by Crippen LogP contribution is 2.35. The molecule has 2 N–H and O–H groups in total. The summed E-state index contributed by atoms with van der Waals surface area (Å²) in [6.45, 7) is 3.31.